The van der Waals surface area contributed by atoms with Crippen molar-refractivity contribution in [1.82, 2.24) is 4.98 Å². The Kier molecular flexibility index (Phi) is 5.56. The van der Waals surface area contributed by atoms with Gasteiger partial charge in [-0.15, -0.1) is 0 Å². The Hall–Kier alpha value is -1.87. The fourth-order valence-corrected chi connectivity index (χ4v) is 2.45. The van der Waals surface area contributed by atoms with Crippen molar-refractivity contribution < 1.29 is 4.79 Å². The van der Waals surface area contributed by atoms with Gasteiger partial charge in [0.15, 0.2) is 5.15 Å². The smallest absolute Gasteiger partial charge is 0.231 e. The molecular weight excluding hydrogens is 296 g/mol. The number of carbonyl (C=O) groups excluding carboxylic acids is 1. The maximum absolute atomic E-state index is 12.3. The van der Waals surface area contributed by atoms with E-state index in [0.29, 0.717) is 16.8 Å². The molecule has 2 rings (SSSR count). The molecule has 0 saturated heterocycles. The van der Waals surface area contributed by atoms with Gasteiger partial charge in [-0.1, -0.05) is 49.7 Å². The maximum Gasteiger partial charge on any atom is 0.231 e. The monoisotopic (exact) mass is 316 g/mol. The number of amides is 1. The molecule has 1 amide bonds. The molecule has 3 nitrogen and oxygen atoms in total. The van der Waals surface area contributed by atoms with E-state index in [0.717, 1.165) is 12.0 Å². The van der Waals surface area contributed by atoms with Crippen molar-refractivity contribution in [2.75, 3.05) is 5.32 Å². The van der Waals surface area contributed by atoms with E-state index >= 15 is 0 Å². The second-order valence-corrected chi connectivity index (χ2v) is 6.25. The molecule has 1 atom stereocenters. The van der Waals surface area contributed by atoms with Crippen LogP contribution >= 0.6 is 11.6 Å². The van der Waals surface area contributed by atoms with Crippen LogP contribution in [0.4, 0.5) is 5.69 Å². The highest BCUT2D eigenvalue weighted by atomic mass is 35.5. The fourth-order valence-electron chi connectivity index (χ4n) is 2.29. The standard InChI is InChI=1S/C18H21ClN2O/c1-12(2)11-14-6-8-15(9-7-14)13(3)18(22)21-16-5-4-10-20-17(16)19/h4-10,12-13H,11H2,1-3H3,(H,21,22)/t13-/m0/s1. The van der Waals surface area contributed by atoms with Crippen molar-refractivity contribution in [1.29, 1.82) is 0 Å². The number of benzene rings is 1. The van der Waals surface area contributed by atoms with E-state index in [1.807, 2.05) is 19.1 Å². The number of nitrogens with one attached hydrogen (secondary N) is 1. The quantitative estimate of drug-likeness (QED) is 0.814. The molecule has 0 aliphatic heterocycles. The molecule has 0 spiro atoms. The number of hydrogen-bond acceptors (Lipinski definition) is 2. The van der Waals surface area contributed by atoms with Gasteiger partial charge in [0.25, 0.3) is 0 Å². The minimum Gasteiger partial charge on any atom is -0.323 e. The number of halogens is 1. The van der Waals surface area contributed by atoms with Crippen molar-refractivity contribution in [2.45, 2.75) is 33.1 Å². The lowest BCUT2D eigenvalue weighted by atomic mass is 9.96. The van der Waals surface area contributed by atoms with Crippen molar-refractivity contribution in [3.63, 3.8) is 0 Å². The van der Waals surface area contributed by atoms with Crippen molar-refractivity contribution in [3.8, 4) is 0 Å². The second kappa shape index (κ2) is 7.41. The van der Waals surface area contributed by atoms with E-state index in [9.17, 15) is 4.79 Å². The maximum atomic E-state index is 12.3. The zero-order valence-electron chi connectivity index (χ0n) is 13.1. The number of anilines is 1. The van der Waals surface area contributed by atoms with Crippen molar-refractivity contribution in [2.24, 2.45) is 5.92 Å². The molecule has 0 fully saturated rings. The minimum absolute atomic E-state index is 0.0912. The molecule has 4 heteroatoms. The number of carbonyl (C=O) groups is 1. The van der Waals surface area contributed by atoms with Crippen LogP contribution in [0.25, 0.3) is 0 Å². The zero-order chi connectivity index (χ0) is 16.1. The highest BCUT2D eigenvalue weighted by Gasteiger charge is 2.16. The zero-order valence-corrected chi connectivity index (χ0v) is 13.9. The van der Waals surface area contributed by atoms with Gasteiger partial charge in [-0.2, -0.15) is 0 Å². The van der Waals surface area contributed by atoms with Gasteiger partial charge in [0.2, 0.25) is 5.91 Å². The predicted octanol–water partition coefficient (Wildman–Crippen LogP) is 4.68. The van der Waals surface area contributed by atoms with Crippen LogP contribution in [0.3, 0.4) is 0 Å². The highest BCUT2D eigenvalue weighted by Crippen LogP contribution is 2.22. The van der Waals surface area contributed by atoms with Crippen LogP contribution in [-0.4, -0.2) is 10.9 Å². The summed E-state index contributed by atoms with van der Waals surface area (Å²) in [7, 11) is 0. The number of nitrogens with zero attached hydrogens (tertiary/aromatic N) is 1. The van der Waals surface area contributed by atoms with Crippen molar-refractivity contribution in [3.05, 3.63) is 58.9 Å². The van der Waals surface area contributed by atoms with Crippen LogP contribution < -0.4 is 5.32 Å². The Morgan fingerprint density at radius 3 is 2.45 bits per heavy atom. The third-order valence-corrected chi connectivity index (χ3v) is 3.84. The molecule has 0 saturated carbocycles. The molecule has 0 aliphatic rings. The molecule has 0 unspecified atom stereocenters. The van der Waals surface area contributed by atoms with E-state index in [1.54, 1.807) is 18.3 Å². The Bertz CT molecular complexity index is 638. The first-order chi connectivity index (χ1) is 10.5. The second-order valence-electron chi connectivity index (χ2n) is 5.89. The van der Waals surface area contributed by atoms with E-state index in [-0.39, 0.29) is 11.8 Å². The van der Waals surface area contributed by atoms with Gasteiger partial charge < -0.3 is 5.32 Å². The van der Waals surface area contributed by atoms with Gasteiger partial charge in [-0.25, -0.2) is 4.98 Å². The van der Waals surface area contributed by atoms with Crippen LogP contribution in [0.1, 0.15) is 37.8 Å². The number of pyridine rings is 1. The van der Waals surface area contributed by atoms with Gasteiger partial charge in [0.05, 0.1) is 11.6 Å². The van der Waals surface area contributed by atoms with Gasteiger partial charge in [0, 0.05) is 6.20 Å². The van der Waals surface area contributed by atoms with Gasteiger partial charge in [-0.05, 0) is 42.5 Å². The summed E-state index contributed by atoms with van der Waals surface area (Å²) in [5.74, 6) is 0.287. The number of aromatic nitrogens is 1. The molecule has 2 aromatic rings. The van der Waals surface area contributed by atoms with E-state index < -0.39 is 0 Å². The third-order valence-electron chi connectivity index (χ3n) is 3.53. The van der Waals surface area contributed by atoms with Gasteiger partial charge in [0.1, 0.15) is 0 Å². The van der Waals surface area contributed by atoms with Gasteiger partial charge >= 0.3 is 0 Å². The van der Waals surface area contributed by atoms with Crippen LogP contribution in [0.5, 0.6) is 0 Å². The summed E-state index contributed by atoms with van der Waals surface area (Å²) in [6.07, 6.45) is 2.64. The SMILES string of the molecule is CC(C)Cc1ccc([C@H](C)C(=O)Nc2cccnc2Cl)cc1. The van der Waals surface area contributed by atoms with Crippen molar-refractivity contribution >= 4 is 23.2 Å². The summed E-state index contributed by atoms with van der Waals surface area (Å²) >= 11 is 5.96. The van der Waals surface area contributed by atoms with E-state index in [4.69, 9.17) is 11.6 Å². The molecule has 0 bridgehead atoms. The fraction of sp³-hybridized carbons (Fsp3) is 0.333. The summed E-state index contributed by atoms with van der Waals surface area (Å²) in [4.78, 5) is 16.3. The van der Waals surface area contributed by atoms with Crippen LogP contribution in [0.15, 0.2) is 42.6 Å². The lowest BCUT2D eigenvalue weighted by Crippen LogP contribution is -2.19. The molecule has 1 aromatic carbocycles. The Morgan fingerprint density at radius 1 is 1.18 bits per heavy atom. The van der Waals surface area contributed by atoms with Crippen LogP contribution in [0, 0.1) is 5.92 Å². The van der Waals surface area contributed by atoms with E-state index in [1.165, 1.54) is 5.56 Å². The molecule has 116 valence electrons. The first kappa shape index (κ1) is 16.5. The summed E-state index contributed by atoms with van der Waals surface area (Å²) in [5.41, 5.74) is 2.82. The summed E-state index contributed by atoms with van der Waals surface area (Å²) in [6, 6.07) is 11.7. The summed E-state index contributed by atoms with van der Waals surface area (Å²) < 4.78 is 0. The number of rotatable bonds is 5. The minimum atomic E-state index is -0.246. The Labute approximate surface area is 136 Å². The van der Waals surface area contributed by atoms with Crippen LogP contribution in [0.2, 0.25) is 5.15 Å². The first-order valence-electron chi connectivity index (χ1n) is 7.47. The topological polar surface area (TPSA) is 42.0 Å². The van der Waals surface area contributed by atoms with Gasteiger partial charge in [-0.3, -0.25) is 4.79 Å². The molecule has 1 heterocycles. The van der Waals surface area contributed by atoms with E-state index in [2.05, 4.69) is 36.3 Å². The lowest BCUT2D eigenvalue weighted by molar-refractivity contribution is -0.117. The average Bonchev–Trinajstić information content (AvgIpc) is 2.49. The number of hydrogen-bond donors (Lipinski definition) is 1. The van der Waals surface area contributed by atoms with Crippen LogP contribution in [-0.2, 0) is 11.2 Å². The Balaban J connectivity index is 2.05. The molecule has 0 aliphatic carbocycles. The molecule has 0 radical (unpaired) electrons. The normalized spacial score (nSPS) is 12.2. The Morgan fingerprint density at radius 2 is 1.86 bits per heavy atom. The highest BCUT2D eigenvalue weighted by molar-refractivity contribution is 6.32. The molecule has 22 heavy (non-hydrogen) atoms. The largest absolute Gasteiger partial charge is 0.323 e. The third kappa shape index (κ3) is 4.31. The average molecular weight is 317 g/mol. The summed E-state index contributed by atoms with van der Waals surface area (Å²) in [6.45, 7) is 6.28. The molecule has 1 N–H and O–H groups in total. The molecule has 1 aromatic heterocycles. The molecular formula is C18H21ClN2O. The lowest BCUT2D eigenvalue weighted by Gasteiger charge is -2.14. The predicted molar refractivity (Wildman–Crippen MR) is 91.3 cm³/mol. The first-order valence-corrected chi connectivity index (χ1v) is 7.85. The summed E-state index contributed by atoms with van der Waals surface area (Å²) in [5, 5.41) is 3.12.